The van der Waals surface area contributed by atoms with Gasteiger partial charge in [0.05, 0.1) is 30.6 Å². The van der Waals surface area contributed by atoms with Crippen LogP contribution >= 0.6 is 0 Å². The Morgan fingerprint density at radius 2 is 1.52 bits per heavy atom. The molecule has 1 N–H and O–H groups in total. The Labute approximate surface area is 259 Å². The van der Waals surface area contributed by atoms with E-state index in [1.807, 2.05) is 92.7 Å². The molecule has 0 aromatic heterocycles. The van der Waals surface area contributed by atoms with Crippen LogP contribution in [0.3, 0.4) is 0 Å². The van der Waals surface area contributed by atoms with Crippen LogP contribution < -0.4 is 14.7 Å². The summed E-state index contributed by atoms with van der Waals surface area (Å²) in [7, 11) is 0. The normalized spacial score (nSPS) is 28.6. The van der Waals surface area contributed by atoms with Gasteiger partial charge in [-0.1, -0.05) is 56.4 Å². The second kappa shape index (κ2) is 11.9. The van der Waals surface area contributed by atoms with Crippen LogP contribution in [0.2, 0.25) is 0 Å². The summed E-state index contributed by atoms with van der Waals surface area (Å²) >= 11 is 0. The number of fused-ring (bicyclic) bond motifs is 2. The van der Waals surface area contributed by atoms with Gasteiger partial charge >= 0.3 is 0 Å². The van der Waals surface area contributed by atoms with Crippen molar-refractivity contribution in [2.75, 3.05) is 47.5 Å². The summed E-state index contributed by atoms with van der Waals surface area (Å²) in [5, 5.41) is 10.5. The van der Waals surface area contributed by atoms with Gasteiger partial charge in [-0.25, -0.2) is 0 Å². The first-order valence-electron chi connectivity index (χ1n) is 15.7. The number of hydrogen-bond donors (Lipinski definition) is 1. The van der Waals surface area contributed by atoms with Gasteiger partial charge in [-0.3, -0.25) is 14.4 Å². The summed E-state index contributed by atoms with van der Waals surface area (Å²) in [6.07, 6.45) is 6.84. The van der Waals surface area contributed by atoms with E-state index in [1.165, 1.54) is 4.90 Å². The lowest BCUT2D eigenvalue weighted by molar-refractivity contribution is -0.145. The van der Waals surface area contributed by atoms with Gasteiger partial charge in [0.15, 0.2) is 0 Å². The minimum absolute atomic E-state index is 0.136. The van der Waals surface area contributed by atoms with Crippen molar-refractivity contribution >= 4 is 34.8 Å². The fraction of sp³-hybridized carbons (Fsp3) is 0.457. The first-order valence-corrected chi connectivity index (χ1v) is 15.7. The van der Waals surface area contributed by atoms with Crippen LogP contribution in [-0.4, -0.2) is 84.3 Å². The van der Waals surface area contributed by atoms with Gasteiger partial charge in [0.1, 0.15) is 11.6 Å². The van der Waals surface area contributed by atoms with Crippen molar-refractivity contribution in [1.29, 1.82) is 0 Å². The molecule has 0 bridgehead atoms. The molecule has 9 nitrogen and oxygen atoms in total. The number of aliphatic hydroxyl groups is 1. The second-order valence-electron chi connectivity index (χ2n) is 12.3. The molecule has 4 heterocycles. The minimum atomic E-state index is -1.36. The topological polar surface area (TPSA) is 93.6 Å². The van der Waals surface area contributed by atoms with Crippen molar-refractivity contribution < 1.29 is 24.2 Å². The zero-order chi connectivity index (χ0) is 31.2. The van der Waals surface area contributed by atoms with E-state index >= 15 is 0 Å². The highest BCUT2D eigenvalue weighted by Gasteiger charge is 2.72. The summed E-state index contributed by atoms with van der Waals surface area (Å²) in [5.74, 6) is -2.70. The maximum Gasteiger partial charge on any atom is 0.253 e. The first-order chi connectivity index (χ1) is 21.3. The van der Waals surface area contributed by atoms with E-state index in [4.69, 9.17) is 4.74 Å². The highest BCUT2D eigenvalue weighted by Crippen LogP contribution is 2.54. The fourth-order valence-electron chi connectivity index (χ4n) is 7.56. The molecule has 6 atom stereocenters. The predicted octanol–water partition coefficient (Wildman–Crippen LogP) is 3.64. The van der Waals surface area contributed by atoms with Crippen molar-refractivity contribution in [2.24, 2.45) is 17.8 Å². The number of anilines is 3. The van der Waals surface area contributed by atoms with Gasteiger partial charge in [0.25, 0.3) is 5.91 Å². The Hall–Kier alpha value is -3.95. The summed E-state index contributed by atoms with van der Waals surface area (Å²) in [5.41, 5.74) is 1.16. The molecule has 4 aliphatic rings. The number of carbonyl (C=O) groups excluding carboxylic acids is 3. The number of para-hydroxylation sites is 1. The Kier molecular flexibility index (Phi) is 8.11. The lowest BCUT2D eigenvalue weighted by atomic mass is 9.77. The highest BCUT2D eigenvalue weighted by molar-refractivity contribution is 6.07. The quantitative estimate of drug-likeness (QED) is 0.467. The molecule has 2 aromatic carbocycles. The molecule has 6 rings (SSSR count). The van der Waals surface area contributed by atoms with E-state index < -0.39 is 35.6 Å². The third-order valence-electron chi connectivity index (χ3n) is 9.77. The molecule has 2 saturated heterocycles. The van der Waals surface area contributed by atoms with Crippen molar-refractivity contribution in [1.82, 2.24) is 4.90 Å². The molecule has 1 spiro atoms. The second-order valence-corrected chi connectivity index (χ2v) is 12.3. The molecule has 0 radical (unpaired) electrons. The maximum atomic E-state index is 14.7. The standard InChI is InChI=1S/C35H42N4O5/c1-5-36(6-2)24-15-17-26(18-16-24)38-21-11-19-35-30(33(42)39(31(35)34(38)43)27(22-40)23(3)4)29-28(44-35)14-10-20-37(32(29)41)25-12-8-7-9-13-25/h7-19,23,27-31,40H,5-6,20-22H2,1-4H3/t27-,28-,29+,30-,31?,35-/m0/s1. The van der Waals surface area contributed by atoms with E-state index in [0.717, 1.165) is 24.5 Å². The van der Waals surface area contributed by atoms with Gasteiger partial charge < -0.3 is 29.4 Å². The van der Waals surface area contributed by atoms with E-state index in [0.29, 0.717) is 18.8 Å². The van der Waals surface area contributed by atoms with Crippen molar-refractivity contribution in [2.45, 2.75) is 51.5 Å². The molecule has 0 aliphatic carbocycles. The van der Waals surface area contributed by atoms with Crippen LogP contribution in [0.4, 0.5) is 17.1 Å². The molecule has 4 aliphatic heterocycles. The number of nitrogens with zero attached hydrogens (tertiary/aromatic N) is 4. The lowest BCUT2D eigenvalue weighted by Gasteiger charge is -2.39. The molecular weight excluding hydrogens is 556 g/mol. The average Bonchev–Trinajstić information content (AvgIpc) is 3.34. The highest BCUT2D eigenvalue weighted by atomic mass is 16.5. The number of likely N-dealkylation sites (tertiary alicyclic amines) is 1. The Morgan fingerprint density at radius 3 is 2.16 bits per heavy atom. The molecule has 1 unspecified atom stereocenters. The van der Waals surface area contributed by atoms with Gasteiger partial charge in [-0.15, -0.1) is 0 Å². The van der Waals surface area contributed by atoms with Gasteiger partial charge in [-0.05, 0) is 56.2 Å². The third-order valence-corrected chi connectivity index (χ3v) is 9.77. The number of rotatable bonds is 8. The van der Waals surface area contributed by atoms with Crippen LogP contribution in [0.5, 0.6) is 0 Å². The molecule has 232 valence electrons. The number of aliphatic hydroxyl groups excluding tert-OH is 1. The molecule has 3 amide bonds. The maximum absolute atomic E-state index is 14.7. The number of hydrogen-bond acceptors (Lipinski definition) is 6. The van der Waals surface area contributed by atoms with E-state index in [-0.39, 0.29) is 30.2 Å². The lowest BCUT2D eigenvalue weighted by Crippen LogP contribution is -2.59. The number of ether oxygens (including phenoxy) is 1. The summed E-state index contributed by atoms with van der Waals surface area (Å²) < 4.78 is 6.79. The van der Waals surface area contributed by atoms with Crippen LogP contribution in [0.1, 0.15) is 27.7 Å². The zero-order valence-electron chi connectivity index (χ0n) is 25.9. The third kappa shape index (κ3) is 4.64. The van der Waals surface area contributed by atoms with E-state index in [1.54, 1.807) is 9.80 Å². The van der Waals surface area contributed by atoms with Crippen molar-refractivity contribution in [3.63, 3.8) is 0 Å². The molecule has 9 heteroatoms. The largest absolute Gasteiger partial charge is 0.394 e. The zero-order valence-corrected chi connectivity index (χ0v) is 25.9. The van der Waals surface area contributed by atoms with Crippen LogP contribution in [0.15, 0.2) is 78.9 Å². The monoisotopic (exact) mass is 598 g/mol. The Balaban J connectivity index is 1.43. The summed E-state index contributed by atoms with van der Waals surface area (Å²) in [6.45, 7) is 10.1. The molecule has 2 aromatic rings. The number of carbonyl (C=O) groups is 3. The first kappa shape index (κ1) is 30.1. The Bertz CT molecular complexity index is 1450. The summed E-state index contributed by atoms with van der Waals surface area (Å²) in [4.78, 5) is 50.8. The van der Waals surface area contributed by atoms with Gasteiger partial charge in [-0.2, -0.15) is 0 Å². The van der Waals surface area contributed by atoms with E-state index in [9.17, 15) is 19.5 Å². The van der Waals surface area contributed by atoms with Gasteiger partial charge in [0, 0.05) is 43.2 Å². The molecular formula is C35H42N4O5. The predicted molar refractivity (Wildman–Crippen MR) is 170 cm³/mol. The fourth-order valence-corrected chi connectivity index (χ4v) is 7.56. The molecule has 2 fully saturated rings. The number of benzene rings is 2. The van der Waals surface area contributed by atoms with E-state index in [2.05, 4.69) is 18.7 Å². The Morgan fingerprint density at radius 1 is 0.886 bits per heavy atom. The van der Waals surface area contributed by atoms with Gasteiger partial charge in [0.2, 0.25) is 11.8 Å². The van der Waals surface area contributed by atoms with Crippen LogP contribution in [-0.2, 0) is 19.1 Å². The van der Waals surface area contributed by atoms with Crippen molar-refractivity contribution in [3.8, 4) is 0 Å². The SMILES string of the molecule is CCN(CC)c1ccc(N2CC=C[C@]34O[C@H]5C=CCN(c6ccccc6)C(=O)[C@H]5[C@H]3C(=O)N([C@@H](CO)C(C)C)C4C2=O)cc1. The smallest absolute Gasteiger partial charge is 0.253 e. The minimum Gasteiger partial charge on any atom is -0.394 e. The van der Waals surface area contributed by atoms with Crippen molar-refractivity contribution in [3.05, 3.63) is 78.9 Å². The van der Waals surface area contributed by atoms with Crippen LogP contribution in [0, 0.1) is 17.8 Å². The summed E-state index contributed by atoms with van der Waals surface area (Å²) in [6, 6.07) is 15.6. The average molecular weight is 599 g/mol. The van der Waals surface area contributed by atoms with Crippen LogP contribution in [0.25, 0.3) is 0 Å². The molecule has 0 saturated carbocycles. The molecule has 44 heavy (non-hydrogen) atoms. The number of amides is 3.